The first-order chi connectivity index (χ1) is 9.49. The molecule has 7 heteroatoms. The van der Waals surface area contributed by atoms with Crippen molar-refractivity contribution in [2.24, 2.45) is 5.73 Å². The van der Waals surface area contributed by atoms with E-state index in [9.17, 15) is 8.42 Å². The molecule has 1 aliphatic rings. The number of nitrogens with one attached hydrogen (secondary N) is 1. The van der Waals surface area contributed by atoms with Crippen LogP contribution >= 0.6 is 0 Å². The zero-order valence-corrected chi connectivity index (χ0v) is 11.9. The van der Waals surface area contributed by atoms with Gasteiger partial charge in [0.2, 0.25) is 10.0 Å². The highest BCUT2D eigenvalue weighted by atomic mass is 32.2. The number of hydrogen-bond acceptors (Lipinski definition) is 5. The topological polar surface area (TPSA) is 105 Å². The summed E-state index contributed by atoms with van der Waals surface area (Å²) < 4.78 is 32.6. The Balaban J connectivity index is 2.21. The summed E-state index contributed by atoms with van der Waals surface area (Å²) in [5.41, 5.74) is 5.94. The molecule has 1 fully saturated rings. The first-order valence-electron chi connectivity index (χ1n) is 6.38. The van der Waals surface area contributed by atoms with Gasteiger partial charge in [-0.25, -0.2) is 13.1 Å². The zero-order valence-electron chi connectivity index (χ0n) is 11.1. The van der Waals surface area contributed by atoms with Gasteiger partial charge in [-0.1, -0.05) is 12.1 Å². The quantitative estimate of drug-likeness (QED) is 0.815. The first kappa shape index (κ1) is 14.9. The van der Waals surface area contributed by atoms with Crippen LogP contribution in [-0.4, -0.2) is 33.2 Å². The molecule has 0 amide bonds. The van der Waals surface area contributed by atoms with E-state index < -0.39 is 16.1 Å². The number of hydrogen-bond donors (Lipinski definition) is 2. The van der Waals surface area contributed by atoms with E-state index in [1.165, 1.54) is 12.1 Å². The highest BCUT2D eigenvalue weighted by Crippen LogP contribution is 2.25. The molecule has 0 aliphatic heterocycles. The Hall–Kier alpha value is -1.46. The molecule has 0 saturated heterocycles. The Kier molecular flexibility index (Phi) is 4.40. The number of nitriles is 1. The molecule has 0 bridgehead atoms. The van der Waals surface area contributed by atoms with E-state index in [2.05, 4.69) is 4.72 Å². The minimum atomic E-state index is -3.78. The molecule has 3 N–H and O–H groups in total. The Morgan fingerprint density at radius 2 is 2.20 bits per heavy atom. The lowest BCUT2D eigenvalue weighted by molar-refractivity contribution is -0.0248. The van der Waals surface area contributed by atoms with Crippen molar-refractivity contribution < 1.29 is 13.2 Å². The molecular formula is C13H17N3O3S. The van der Waals surface area contributed by atoms with Crippen LogP contribution in [0.5, 0.6) is 0 Å². The van der Waals surface area contributed by atoms with Gasteiger partial charge >= 0.3 is 0 Å². The fourth-order valence-electron chi connectivity index (χ4n) is 2.23. The minimum absolute atomic E-state index is 0.0307. The maximum atomic E-state index is 12.3. The lowest BCUT2D eigenvalue weighted by atomic mass is 9.84. The highest BCUT2D eigenvalue weighted by Gasteiger charge is 2.42. The van der Waals surface area contributed by atoms with E-state index in [0.29, 0.717) is 13.0 Å². The van der Waals surface area contributed by atoms with Gasteiger partial charge in [0.05, 0.1) is 22.6 Å². The van der Waals surface area contributed by atoms with Crippen LogP contribution in [0.25, 0.3) is 0 Å². The van der Waals surface area contributed by atoms with Crippen molar-refractivity contribution in [1.29, 1.82) is 5.26 Å². The van der Waals surface area contributed by atoms with Gasteiger partial charge < -0.3 is 10.5 Å². The summed E-state index contributed by atoms with van der Waals surface area (Å²) >= 11 is 0. The lowest BCUT2D eigenvalue weighted by Crippen LogP contribution is -2.64. The van der Waals surface area contributed by atoms with Gasteiger partial charge in [-0.3, -0.25) is 0 Å². The second kappa shape index (κ2) is 5.89. The van der Waals surface area contributed by atoms with Crippen LogP contribution in [0, 0.1) is 11.3 Å². The Morgan fingerprint density at radius 1 is 1.50 bits per heavy atom. The fourth-order valence-corrected chi connectivity index (χ4v) is 3.70. The Morgan fingerprint density at radius 3 is 2.80 bits per heavy atom. The van der Waals surface area contributed by atoms with E-state index in [1.807, 2.05) is 13.0 Å². The second-order valence-corrected chi connectivity index (χ2v) is 6.33. The molecule has 0 heterocycles. The normalized spacial score (nSPS) is 25.8. The maximum absolute atomic E-state index is 12.3. The third-order valence-corrected chi connectivity index (χ3v) is 4.85. The first-order valence-corrected chi connectivity index (χ1v) is 7.86. The molecule has 0 aromatic heterocycles. The predicted octanol–water partition coefficient (Wildman–Crippen LogP) is 0.341. The van der Waals surface area contributed by atoms with Crippen molar-refractivity contribution >= 4 is 10.0 Å². The summed E-state index contributed by atoms with van der Waals surface area (Å²) in [5, 5.41) is 8.98. The number of sulfonamides is 1. The molecule has 0 spiro atoms. The van der Waals surface area contributed by atoms with E-state index in [1.54, 1.807) is 12.1 Å². The van der Waals surface area contributed by atoms with Gasteiger partial charge in [-0.05, 0) is 25.5 Å². The standard InChI is InChI=1S/C13H17N3O3S/c1-2-19-11-7-10(15)13(11)16-20(17,18)12-6-4-3-5-9(12)8-14/h3-6,10-11,13,16H,2,7,15H2,1H3. The molecule has 1 saturated carbocycles. The van der Waals surface area contributed by atoms with Crippen molar-refractivity contribution in [2.75, 3.05) is 6.61 Å². The SMILES string of the molecule is CCOC1CC(N)C1NS(=O)(=O)c1ccccc1C#N. The van der Waals surface area contributed by atoms with Crippen LogP contribution in [0.3, 0.4) is 0 Å². The molecular weight excluding hydrogens is 278 g/mol. The number of nitrogens with two attached hydrogens (primary N) is 1. The van der Waals surface area contributed by atoms with Gasteiger partial charge in [-0.2, -0.15) is 5.26 Å². The number of rotatable bonds is 5. The predicted molar refractivity (Wildman–Crippen MR) is 73.3 cm³/mol. The third kappa shape index (κ3) is 2.83. The molecule has 3 atom stereocenters. The monoisotopic (exact) mass is 295 g/mol. The largest absolute Gasteiger partial charge is 0.377 e. The summed E-state index contributed by atoms with van der Waals surface area (Å²) in [6, 6.07) is 7.23. The average Bonchev–Trinajstić information content (AvgIpc) is 2.45. The zero-order chi connectivity index (χ0) is 14.8. The summed E-state index contributed by atoms with van der Waals surface area (Å²) in [6.45, 7) is 2.35. The van der Waals surface area contributed by atoms with Crippen LogP contribution in [-0.2, 0) is 14.8 Å². The smallest absolute Gasteiger partial charge is 0.242 e. The molecule has 6 nitrogen and oxygen atoms in total. The molecule has 3 unspecified atom stereocenters. The van der Waals surface area contributed by atoms with Gasteiger partial charge in [0.15, 0.2) is 0 Å². The van der Waals surface area contributed by atoms with E-state index in [4.69, 9.17) is 15.7 Å². The summed E-state index contributed by atoms with van der Waals surface area (Å²) in [6.07, 6.45) is 0.417. The second-order valence-electron chi connectivity index (χ2n) is 4.65. The van der Waals surface area contributed by atoms with Crippen LogP contribution in [0.2, 0.25) is 0 Å². The van der Waals surface area contributed by atoms with Crippen molar-refractivity contribution in [3.8, 4) is 6.07 Å². The molecule has 0 radical (unpaired) electrons. The van der Waals surface area contributed by atoms with Crippen LogP contribution in [0.1, 0.15) is 18.9 Å². The molecule has 20 heavy (non-hydrogen) atoms. The van der Waals surface area contributed by atoms with Gasteiger partial charge in [0.25, 0.3) is 0 Å². The van der Waals surface area contributed by atoms with E-state index in [-0.39, 0.29) is 22.6 Å². The van der Waals surface area contributed by atoms with Crippen molar-refractivity contribution in [1.82, 2.24) is 4.72 Å². The summed E-state index contributed by atoms with van der Waals surface area (Å²) in [7, 11) is -3.78. The minimum Gasteiger partial charge on any atom is -0.377 e. The third-order valence-electron chi connectivity index (χ3n) is 3.34. The Labute approximate surface area is 118 Å². The molecule has 2 rings (SSSR count). The molecule has 1 aliphatic carbocycles. The Bertz CT molecular complexity index is 622. The maximum Gasteiger partial charge on any atom is 0.242 e. The summed E-state index contributed by atoms with van der Waals surface area (Å²) in [4.78, 5) is -0.0307. The van der Waals surface area contributed by atoms with Crippen molar-refractivity contribution in [3.63, 3.8) is 0 Å². The van der Waals surface area contributed by atoms with Crippen LogP contribution in [0.4, 0.5) is 0 Å². The van der Waals surface area contributed by atoms with E-state index >= 15 is 0 Å². The summed E-state index contributed by atoms with van der Waals surface area (Å²) in [5.74, 6) is 0. The van der Waals surface area contributed by atoms with Gasteiger partial charge in [-0.15, -0.1) is 0 Å². The molecule has 1 aromatic rings. The highest BCUT2D eigenvalue weighted by molar-refractivity contribution is 7.89. The fraction of sp³-hybridized carbons (Fsp3) is 0.462. The number of ether oxygens (including phenoxy) is 1. The average molecular weight is 295 g/mol. The van der Waals surface area contributed by atoms with Gasteiger partial charge in [0, 0.05) is 12.6 Å². The molecule has 108 valence electrons. The lowest BCUT2D eigenvalue weighted by Gasteiger charge is -2.42. The molecule has 1 aromatic carbocycles. The van der Waals surface area contributed by atoms with Crippen molar-refractivity contribution in [2.45, 2.75) is 36.4 Å². The van der Waals surface area contributed by atoms with E-state index in [0.717, 1.165) is 0 Å². The number of benzene rings is 1. The van der Waals surface area contributed by atoms with Crippen LogP contribution in [0.15, 0.2) is 29.2 Å². The van der Waals surface area contributed by atoms with Crippen molar-refractivity contribution in [3.05, 3.63) is 29.8 Å². The number of nitrogens with zero attached hydrogens (tertiary/aromatic N) is 1. The van der Waals surface area contributed by atoms with Gasteiger partial charge in [0.1, 0.15) is 6.07 Å². The van der Waals surface area contributed by atoms with Crippen LogP contribution < -0.4 is 10.5 Å².